The number of carbonyl (C=O) groups excluding carboxylic acids is 1. The molecule has 1 N–H and O–H groups in total. The van der Waals surface area contributed by atoms with E-state index >= 15 is 0 Å². The summed E-state index contributed by atoms with van der Waals surface area (Å²) < 4.78 is 5.63. The van der Waals surface area contributed by atoms with E-state index in [0.717, 1.165) is 64.0 Å². The Morgan fingerprint density at radius 1 is 0.917 bits per heavy atom. The van der Waals surface area contributed by atoms with E-state index in [9.17, 15) is 4.79 Å². The molecule has 2 aliphatic heterocycles. The second-order valence-corrected chi connectivity index (χ2v) is 10.5. The maximum absolute atomic E-state index is 12.4. The number of rotatable bonds is 7. The van der Waals surface area contributed by atoms with Crippen LogP contribution < -0.4 is 19.9 Å². The molecule has 8 nitrogen and oxygen atoms in total. The molecule has 194 valence electrons. The van der Waals surface area contributed by atoms with Gasteiger partial charge < -0.3 is 19.9 Å². The van der Waals surface area contributed by atoms with Gasteiger partial charge in [-0.3, -0.25) is 9.69 Å². The number of benzene rings is 1. The fraction of sp³-hybridized carbons (Fsp3) is 0.607. The molecule has 1 saturated carbocycles. The Kier molecular flexibility index (Phi) is 8.21. The highest BCUT2D eigenvalue weighted by atomic mass is 16.5. The highest BCUT2D eigenvalue weighted by molar-refractivity contribution is 5.77. The van der Waals surface area contributed by atoms with Gasteiger partial charge >= 0.3 is 0 Å². The summed E-state index contributed by atoms with van der Waals surface area (Å²) in [5.41, 5.74) is 2.53. The largest absolute Gasteiger partial charge is 0.466 e. The lowest BCUT2D eigenvalue weighted by Crippen LogP contribution is -2.51. The molecule has 3 fully saturated rings. The topological polar surface area (TPSA) is 73.8 Å². The maximum atomic E-state index is 12.4. The lowest BCUT2D eigenvalue weighted by atomic mass is 9.94. The summed E-state index contributed by atoms with van der Waals surface area (Å²) in [7, 11) is 0. The van der Waals surface area contributed by atoms with Crippen molar-refractivity contribution in [2.75, 3.05) is 55.7 Å². The average Bonchev–Trinajstić information content (AvgIpc) is 2.93. The first kappa shape index (κ1) is 24.8. The lowest BCUT2D eigenvalue weighted by Gasteiger charge is -2.41. The van der Waals surface area contributed by atoms with Gasteiger partial charge in [0.1, 0.15) is 0 Å². The van der Waals surface area contributed by atoms with Gasteiger partial charge in [-0.05, 0) is 56.4 Å². The SMILES string of the molecule is Cc1cccc(N2CCC(NC(=O)COc3ccc(N4CCN(C5CCCCC5)CC4)nn3)CC2)c1. The highest BCUT2D eigenvalue weighted by Crippen LogP contribution is 2.25. The third-order valence-electron chi connectivity index (χ3n) is 7.93. The average molecular weight is 493 g/mol. The Morgan fingerprint density at radius 3 is 2.39 bits per heavy atom. The van der Waals surface area contributed by atoms with Crippen molar-refractivity contribution in [1.82, 2.24) is 20.4 Å². The van der Waals surface area contributed by atoms with Crippen LogP contribution in [0.1, 0.15) is 50.5 Å². The molecule has 0 bridgehead atoms. The van der Waals surface area contributed by atoms with Crippen molar-refractivity contribution < 1.29 is 9.53 Å². The van der Waals surface area contributed by atoms with Crippen molar-refractivity contribution in [2.24, 2.45) is 0 Å². The number of anilines is 2. The van der Waals surface area contributed by atoms with Crippen LogP contribution in [0.2, 0.25) is 0 Å². The number of hydrogen-bond donors (Lipinski definition) is 1. The number of carbonyl (C=O) groups is 1. The predicted molar refractivity (Wildman–Crippen MR) is 143 cm³/mol. The van der Waals surface area contributed by atoms with Crippen molar-refractivity contribution >= 4 is 17.4 Å². The molecule has 3 heterocycles. The number of aromatic nitrogens is 2. The van der Waals surface area contributed by atoms with Crippen molar-refractivity contribution in [2.45, 2.75) is 64.0 Å². The summed E-state index contributed by atoms with van der Waals surface area (Å²) in [6, 6.07) is 13.3. The number of aryl methyl sites for hydroxylation is 1. The number of nitrogens with one attached hydrogen (secondary N) is 1. The zero-order chi connectivity index (χ0) is 24.7. The predicted octanol–water partition coefficient (Wildman–Crippen LogP) is 3.40. The highest BCUT2D eigenvalue weighted by Gasteiger charge is 2.26. The first-order valence-electron chi connectivity index (χ1n) is 13.7. The van der Waals surface area contributed by atoms with Gasteiger partial charge in [-0.15, -0.1) is 10.2 Å². The van der Waals surface area contributed by atoms with Gasteiger partial charge in [0.15, 0.2) is 12.4 Å². The zero-order valence-electron chi connectivity index (χ0n) is 21.6. The van der Waals surface area contributed by atoms with E-state index < -0.39 is 0 Å². The van der Waals surface area contributed by atoms with Crippen LogP contribution in [-0.2, 0) is 4.79 Å². The van der Waals surface area contributed by atoms with E-state index in [-0.39, 0.29) is 18.6 Å². The first-order valence-corrected chi connectivity index (χ1v) is 13.7. The smallest absolute Gasteiger partial charge is 0.258 e. The molecule has 0 unspecified atom stereocenters. The van der Waals surface area contributed by atoms with Crippen LogP contribution in [0, 0.1) is 6.92 Å². The van der Waals surface area contributed by atoms with E-state index in [1.165, 1.54) is 43.4 Å². The molecule has 0 atom stereocenters. The molecule has 1 aromatic heterocycles. The second kappa shape index (κ2) is 11.9. The van der Waals surface area contributed by atoms with Crippen molar-refractivity contribution in [3.05, 3.63) is 42.0 Å². The monoisotopic (exact) mass is 492 g/mol. The van der Waals surface area contributed by atoms with Gasteiger partial charge in [0.2, 0.25) is 5.88 Å². The van der Waals surface area contributed by atoms with Crippen molar-refractivity contribution in [3.63, 3.8) is 0 Å². The number of ether oxygens (including phenoxy) is 1. The fourth-order valence-electron chi connectivity index (χ4n) is 5.84. The van der Waals surface area contributed by atoms with Crippen molar-refractivity contribution in [3.8, 4) is 5.88 Å². The Morgan fingerprint density at radius 2 is 1.69 bits per heavy atom. The number of nitrogens with zero attached hydrogens (tertiary/aromatic N) is 5. The molecule has 1 aliphatic carbocycles. The third-order valence-corrected chi connectivity index (χ3v) is 7.93. The molecule has 36 heavy (non-hydrogen) atoms. The summed E-state index contributed by atoms with van der Waals surface area (Å²) in [5.74, 6) is 1.17. The summed E-state index contributed by atoms with van der Waals surface area (Å²) in [4.78, 5) is 19.8. The normalized spacial score (nSPS) is 20.4. The summed E-state index contributed by atoms with van der Waals surface area (Å²) in [6.07, 6.45) is 8.73. The Labute approximate surface area is 215 Å². The molecule has 0 radical (unpaired) electrons. The summed E-state index contributed by atoms with van der Waals surface area (Å²) in [5, 5.41) is 11.7. The van der Waals surface area contributed by atoms with Gasteiger partial charge in [0, 0.05) is 63.1 Å². The Bertz CT molecular complexity index is 978. The summed E-state index contributed by atoms with van der Waals surface area (Å²) >= 11 is 0. The van der Waals surface area contributed by atoms with E-state index in [0.29, 0.717) is 5.88 Å². The number of hydrogen-bond acceptors (Lipinski definition) is 7. The molecule has 2 saturated heterocycles. The van der Waals surface area contributed by atoms with Crippen LogP contribution in [0.15, 0.2) is 36.4 Å². The molecular weight excluding hydrogens is 452 g/mol. The molecule has 2 aromatic rings. The molecular formula is C28H40N6O2. The van der Waals surface area contributed by atoms with Crippen LogP contribution in [0.4, 0.5) is 11.5 Å². The van der Waals surface area contributed by atoms with E-state index in [4.69, 9.17) is 4.74 Å². The Balaban J connectivity index is 1.01. The van der Waals surface area contributed by atoms with Crippen LogP contribution in [-0.4, -0.2) is 79.0 Å². The van der Waals surface area contributed by atoms with E-state index in [1.54, 1.807) is 0 Å². The number of piperidine rings is 1. The van der Waals surface area contributed by atoms with E-state index in [1.807, 2.05) is 12.1 Å². The van der Waals surface area contributed by atoms with Crippen LogP contribution in [0.5, 0.6) is 5.88 Å². The van der Waals surface area contributed by atoms with Crippen LogP contribution in [0.25, 0.3) is 0 Å². The first-order chi connectivity index (χ1) is 17.6. The molecule has 3 aliphatic rings. The zero-order valence-corrected chi connectivity index (χ0v) is 21.6. The minimum absolute atomic E-state index is 0.0355. The maximum Gasteiger partial charge on any atom is 0.258 e. The fourth-order valence-corrected chi connectivity index (χ4v) is 5.84. The molecule has 1 aromatic carbocycles. The molecule has 5 rings (SSSR count). The molecule has 0 spiro atoms. The Hall–Kier alpha value is -2.87. The lowest BCUT2D eigenvalue weighted by molar-refractivity contribution is -0.124. The van der Waals surface area contributed by atoms with Crippen LogP contribution >= 0.6 is 0 Å². The van der Waals surface area contributed by atoms with Gasteiger partial charge in [-0.2, -0.15) is 0 Å². The number of piperazine rings is 1. The third kappa shape index (κ3) is 6.46. The summed E-state index contributed by atoms with van der Waals surface area (Å²) in [6.45, 7) is 8.12. The minimum atomic E-state index is -0.103. The standard InChI is InChI=1S/C28H40N6O2/c1-22-6-5-9-25(20-22)32-14-12-23(13-15-32)29-27(35)21-36-28-11-10-26(30-31-28)34-18-16-33(17-19-34)24-7-3-2-4-8-24/h5-6,9-11,20,23-24H,2-4,7-8,12-19,21H2,1H3,(H,29,35). The van der Waals surface area contributed by atoms with Crippen molar-refractivity contribution in [1.29, 1.82) is 0 Å². The van der Waals surface area contributed by atoms with Gasteiger partial charge in [0.25, 0.3) is 5.91 Å². The molecule has 1 amide bonds. The van der Waals surface area contributed by atoms with Gasteiger partial charge in [-0.25, -0.2) is 0 Å². The second-order valence-electron chi connectivity index (χ2n) is 10.5. The quantitative estimate of drug-likeness (QED) is 0.635. The molecule has 8 heteroatoms. The van der Waals surface area contributed by atoms with Gasteiger partial charge in [0.05, 0.1) is 0 Å². The minimum Gasteiger partial charge on any atom is -0.466 e. The van der Waals surface area contributed by atoms with Gasteiger partial charge in [-0.1, -0.05) is 31.4 Å². The van der Waals surface area contributed by atoms with E-state index in [2.05, 4.69) is 61.4 Å². The number of amides is 1. The van der Waals surface area contributed by atoms with Crippen LogP contribution in [0.3, 0.4) is 0 Å².